The Morgan fingerprint density at radius 2 is 1.72 bits per heavy atom. The lowest BCUT2D eigenvalue weighted by Gasteiger charge is -2.31. The van der Waals surface area contributed by atoms with Crippen LogP contribution >= 0.6 is 0 Å². The second kappa shape index (κ2) is 10.3. The third kappa shape index (κ3) is 5.68. The lowest BCUT2D eigenvalue weighted by molar-refractivity contribution is -0.117. The fourth-order valence-corrected chi connectivity index (χ4v) is 3.91. The van der Waals surface area contributed by atoms with Gasteiger partial charge in [0.25, 0.3) is 6.43 Å². The molecule has 5 nitrogen and oxygen atoms in total. The largest absolute Gasteiger partial charge is 0.350 e. The molecule has 0 spiro atoms. The number of carbonyl (C=O) groups excluding carboxylic acids is 1. The third-order valence-corrected chi connectivity index (χ3v) is 5.55. The van der Waals surface area contributed by atoms with Crippen LogP contribution in [-0.4, -0.2) is 52.7 Å². The lowest BCUT2D eigenvalue weighted by Crippen LogP contribution is -2.45. The summed E-state index contributed by atoms with van der Waals surface area (Å²) < 4.78 is 26.9. The van der Waals surface area contributed by atoms with E-state index in [1.165, 1.54) is 6.08 Å². The Kier molecular flexibility index (Phi) is 7.07. The van der Waals surface area contributed by atoms with Crippen LogP contribution < -0.4 is 5.32 Å². The lowest BCUT2D eigenvalue weighted by atomic mass is 10.0. The number of nitrogens with zero attached hydrogens (tertiary/aromatic N) is 3. The Bertz CT molecular complexity index is 1040. The first-order valence-electron chi connectivity index (χ1n) is 10.8. The van der Waals surface area contributed by atoms with E-state index in [0.29, 0.717) is 25.9 Å². The Morgan fingerprint density at radius 3 is 2.38 bits per heavy atom. The molecule has 0 radical (unpaired) electrons. The summed E-state index contributed by atoms with van der Waals surface area (Å²) in [4.78, 5) is 14.3. The van der Waals surface area contributed by atoms with Crippen molar-refractivity contribution in [3.63, 3.8) is 0 Å². The van der Waals surface area contributed by atoms with E-state index in [1.807, 2.05) is 66.9 Å². The SMILES string of the molecule is O=C(/C=C/c1cn(-c2ccccc2)nc1-c1ccccc1)NC1CCN(CC(F)F)CC1. The molecule has 0 unspecified atom stereocenters. The molecular weight excluding hydrogens is 410 g/mol. The number of amides is 1. The zero-order valence-electron chi connectivity index (χ0n) is 17.7. The molecule has 7 heteroatoms. The summed E-state index contributed by atoms with van der Waals surface area (Å²) in [6, 6.07) is 19.6. The molecule has 4 rings (SSSR count). The van der Waals surface area contributed by atoms with Crippen molar-refractivity contribution in [2.75, 3.05) is 19.6 Å². The summed E-state index contributed by atoms with van der Waals surface area (Å²) in [6.45, 7) is 0.941. The van der Waals surface area contributed by atoms with Gasteiger partial charge in [-0.05, 0) is 31.1 Å². The smallest absolute Gasteiger partial charge is 0.251 e. The van der Waals surface area contributed by atoms with E-state index >= 15 is 0 Å². The van der Waals surface area contributed by atoms with E-state index in [0.717, 1.165) is 22.5 Å². The molecule has 1 aliphatic heterocycles. The van der Waals surface area contributed by atoms with Gasteiger partial charge in [-0.1, -0.05) is 48.5 Å². The maximum absolute atomic E-state index is 12.5. The third-order valence-electron chi connectivity index (χ3n) is 5.55. The molecule has 1 amide bonds. The van der Waals surface area contributed by atoms with Gasteiger partial charge in [0.15, 0.2) is 0 Å². The van der Waals surface area contributed by atoms with E-state index in [9.17, 15) is 13.6 Å². The summed E-state index contributed by atoms with van der Waals surface area (Å²) in [5, 5.41) is 7.74. The summed E-state index contributed by atoms with van der Waals surface area (Å²) in [6.07, 6.45) is 4.23. The molecule has 0 saturated carbocycles. The van der Waals surface area contributed by atoms with Crippen LogP contribution in [0.4, 0.5) is 8.78 Å². The van der Waals surface area contributed by atoms with E-state index in [2.05, 4.69) is 5.32 Å². The van der Waals surface area contributed by atoms with Gasteiger partial charge in [-0.3, -0.25) is 9.69 Å². The van der Waals surface area contributed by atoms with Crippen LogP contribution in [0.2, 0.25) is 0 Å². The molecule has 2 aromatic carbocycles. The maximum atomic E-state index is 12.5. The number of aromatic nitrogens is 2. The van der Waals surface area contributed by atoms with Crippen LogP contribution in [0.25, 0.3) is 23.0 Å². The number of carbonyl (C=O) groups is 1. The quantitative estimate of drug-likeness (QED) is 0.559. The van der Waals surface area contributed by atoms with Gasteiger partial charge < -0.3 is 5.32 Å². The monoisotopic (exact) mass is 436 g/mol. The summed E-state index contributed by atoms with van der Waals surface area (Å²) >= 11 is 0. The highest BCUT2D eigenvalue weighted by Crippen LogP contribution is 2.24. The molecule has 1 N–H and O–H groups in total. The van der Waals surface area contributed by atoms with Crippen molar-refractivity contribution in [3.05, 3.63) is 78.5 Å². The average Bonchev–Trinajstić information content (AvgIpc) is 3.24. The number of nitrogens with one attached hydrogen (secondary N) is 1. The average molecular weight is 437 g/mol. The number of halogens is 2. The highest BCUT2D eigenvalue weighted by molar-refractivity contribution is 5.93. The molecule has 1 aromatic heterocycles. The molecule has 1 fully saturated rings. The first-order chi connectivity index (χ1) is 15.6. The number of benzene rings is 2. The fourth-order valence-electron chi connectivity index (χ4n) is 3.91. The second-order valence-corrected chi connectivity index (χ2v) is 7.89. The van der Waals surface area contributed by atoms with Gasteiger partial charge in [0, 0.05) is 42.5 Å². The predicted octanol–water partition coefficient (Wildman–Crippen LogP) is 4.40. The number of para-hydroxylation sites is 1. The molecule has 0 aliphatic carbocycles. The van der Waals surface area contributed by atoms with Crippen molar-refractivity contribution in [3.8, 4) is 16.9 Å². The maximum Gasteiger partial charge on any atom is 0.251 e. The second-order valence-electron chi connectivity index (χ2n) is 7.89. The molecular formula is C25H26F2N4O. The van der Waals surface area contributed by atoms with Gasteiger partial charge >= 0.3 is 0 Å². The van der Waals surface area contributed by atoms with Crippen molar-refractivity contribution in [2.24, 2.45) is 0 Å². The molecule has 0 bridgehead atoms. The number of hydrogen-bond acceptors (Lipinski definition) is 3. The molecule has 32 heavy (non-hydrogen) atoms. The predicted molar refractivity (Wildman–Crippen MR) is 122 cm³/mol. The number of rotatable bonds is 7. The van der Waals surface area contributed by atoms with Gasteiger partial charge in [-0.25, -0.2) is 13.5 Å². The van der Waals surface area contributed by atoms with Crippen LogP contribution in [0.15, 0.2) is 72.9 Å². The van der Waals surface area contributed by atoms with Gasteiger partial charge in [0.2, 0.25) is 5.91 Å². The number of alkyl halides is 2. The highest BCUT2D eigenvalue weighted by atomic mass is 19.3. The minimum atomic E-state index is -2.32. The summed E-state index contributed by atoms with van der Waals surface area (Å²) in [5.74, 6) is -0.191. The first kappa shape index (κ1) is 21.9. The van der Waals surface area contributed by atoms with Gasteiger partial charge in [-0.2, -0.15) is 5.10 Å². The van der Waals surface area contributed by atoms with Crippen molar-refractivity contribution < 1.29 is 13.6 Å². The van der Waals surface area contributed by atoms with Crippen molar-refractivity contribution >= 4 is 12.0 Å². The van der Waals surface area contributed by atoms with Gasteiger partial charge in [-0.15, -0.1) is 0 Å². The standard InChI is InChI=1S/C25H26F2N4O/c26-23(27)18-30-15-13-21(14-16-30)28-24(32)12-11-20-17-31(22-9-5-2-6-10-22)29-25(20)19-7-3-1-4-8-19/h1-12,17,21,23H,13-16,18H2,(H,28,32)/b12-11+. The number of likely N-dealkylation sites (tertiary alicyclic amines) is 1. The zero-order chi connectivity index (χ0) is 22.3. The van der Waals surface area contributed by atoms with Crippen molar-refractivity contribution in [1.82, 2.24) is 20.0 Å². The zero-order valence-corrected chi connectivity index (χ0v) is 17.7. The van der Waals surface area contributed by atoms with Crippen molar-refractivity contribution in [2.45, 2.75) is 25.3 Å². The van der Waals surface area contributed by atoms with Gasteiger partial charge in [0.1, 0.15) is 0 Å². The fraction of sp³-hybridized carbons (Fsp3) is 0.280. The van der Waals surface area contributed by atoms with Crippen LogP contribution in [-0.2, 0) is 4.79 Å². The topological polar surface area (TPSA) is 50.2 Å². The Hall–Kier alpha value is -3.32. The molecule has 3 aromatic rings. The van der Waals surface area contributed by atoms with Crippen LogP contribution in [0, 0.1) is 0 Å². The number of piperidine rings is 1. The van der Waals surface area contributed by atoms with Gasteiger partial charge in [0.05, 0.1) is 17.9 Å². The van der Waals surface area contributed by atoms with E-state index < -0.39 is 6.43 Å². The number of hydrogen-bond donors (Lipinski definition) is 1. The molecule has 166 valence electrons. The first-order valence-corrected chi connectivity index (χ1v) is 10.8. The van der Waals surface area contributed by atoms with Crippen LogP contribution in [0.3, 0.4) is 0 Å². The minimum absolute atomic E-state index is 0.00158. The van der Waals surface area contributed by atoms with E-state index in [4.69, 9.17) is 5.10 Å². The Morgan fingerprint density at radius 1 is 1.06 bits per heavy atom. The van der Waals surface area contributed by atoms with E-state index in [-0.39, 0.29) is 18.5 Å². The highest BCUT2D eigenvalue weighted by Gasteiger charge is 2.22. The van der Waals surface area contributed by atoms with Crippen molar-refractivity contribution in [1.29, 1.82) is 0 Å². The summed E-state index contributed by atoms with van der Waals surface area (Å²) in [5.41, 5.74) is 3.53. The molecule has 2 heterocycles. The minimum Gasteiger partial charge on any atom is -0.350 e. The molecule has 1 aliphatic rings. The summed E-state index contributed by atoms with van der Waals surface area (Å²) in [7, 11) is 0. The normalized spacial score (nSPS) is 15.5. The van der Waals surface area contributed by atoms with Crippen LogP contribution in [0.1, 0.15) is 18.4 Å². The van der Waals surface area contributed by atoms with Crippen LogP contribution in [0.5, 0.6) is 0 Å². The Labute approximate surface area is 186 Å². The molecule has 0 atom stereocenters. The van der Waals surface area contributed by atoms with E-state index in [1.54, 1.807) is 15.7 Å². The Balaban J connectivity index is 1.46. The molecule has 1 saturated heterocycles.